The van der Waals surface area contributed by atoms with Crippen LogP contribution in [0, 0.1) is 0 Å². The first-order valence-electron chi connectivity index (χ1n) is 16.2. The molecule has 0 N–H and O–H groups in total. The van der Waals surface area contributed by atoms with Crippen LogP contribution in [0.4, 0.5) is 0 Å². The molecule has 0 amide bonds. The largest absolute Gasteiger partial charge is 0.811 e. The van der Waals surface area contributed by atoms with Crippen molar-refractivity contribution in [2.45, 2.75) is 156 Å². The Hall–Kier alpha value is 1.01. The molecule has 0 aliphatic heterocycles. The zero-order chi connectivity index (χ0) is 28.6. The second-order valence-corrected chi connectivity index (χ2v) is 19.1. The summed E-state index contributed by atoms with van der Waals surface area (Å²) in [5.41, 5.74) is 0. The maximum absolute atomic E-state index is 9.70. The van der Waals surface area contributed by atoms with Gasteiger partial charge in [-0.05, 0) is 47.7 Å². The van der Waals surface area contributed by atoms with Crippen LogP contribution in [0.5, 0.6) is 0 Å². The van der Waals surface area contributed by atoms with Crippen LogP contribution in [0.2, 0.25) is 0 Å². The molecular formula is C31H71O3P3. The lowest BCUT2D eigenvalue weighted by Gasteiger charge is -2.28. The molecule has 0 aromatic heterocycles. The number of hydrogen-bond donors (Lipinski definition) is 0. The molecule has 0 aromatic carbocycles. The highest BCUT2D eigenvalue weighted by molar-refractivity contribution is 7.56. The standard InChI is InChI=1S/2C14H31P.C3H9O3P/c2*1-4-5-6-7-8-9-10-11-12-13-14-15(2)3;1-2-3-7(4,5)6/h2*4-14H2,1-3H3;2-3H2,1H3,(H2,4,5,6). The Bertz CT molecular complexity index is 411. The van der Waals surface area contributed by atoms with Gasteiger partial charge in [-0.15, -0.1) is 0 Å². The van der Waals surface area contributed by atoms with Crippen LogP contribution >= 0.6 is 23.4 Å². The van der Waals surface area contributed by atoms with Crippen molar-refractivity contribution < 1.29 is 14.4 Å². The van der Waals surface area contributed by atoms with Crippen LogP contribution < -0.4 is 9.79 Å². The van der Waals surface area contributed by atoms with E-state index in [2.05, 4.69) is 40.5 Å². The lowest BCUT2D eigenvalue weighted by molar-refractivity contribution is -0.313. The highest BCUT2D eigenvalue weighted by Gasteiger charge is 2.00. The molecule has 0 aliphatic rings. The van der Waals surface area contributed by atoms with Gasteiger partial charge in [-0.25, -0.2) is 0 Å². The van der Waals surface area contributed by atoms with E-state index in [4.69, 9.17) is 0 Å². The van der Waals surface area contributed by atoms with Gasteiger partial charge in [0.1, 0.15) is 0 Å². The van der Waals surface area contributed by atoms with Crippen molar-refractivity contribution in [3.05, 3.63) is 0 Å². The van der Waals surface area contributed by atoms with Crippen molar-refractivity contribution in [3.63, 3.8) is 0 Å². The third kappa shape index (κ3) is 53.9. The van der Waals surface area contributed by atoms with Crippen molar-refractivity contribution >= 4 is 23.4 Å². The predicted molar refractivity (Wildman–Crippen MR) is 177 cm³/mol. The molecule has 0 fully saturated rings. The molecule has 0 saturated heterocycles. The van der Waals surface area contributed by atoms with Gasteiger partial charge in [0, 0.05) is 26.7 Å². The third-order valence-electron chi connectivity index (χ3n) is 6.56. The van der Waals surface area contributed by atoms with Gasteiger partial charge < -0.3 is 14.4 Å². The van der Waals surface area contributed by atoms with Gasteiger partial charge in [0.05, 0.1) is 12.3 Å². The molecule has 0 aliphatic carbocycles. The van der Waals surface area contributed by atoms with E-state index in [9.17, 15) is 14.4 Å². The number of unbranched alkanes of at least 4 members (excludes halogenated alkanes) is 18. The third-order valence-corrected chi connectivity index (χ3v) is 10.3. The van der Waals surface area contributed by atoms with E-state index in [1.807, 2.05) is 0 Å². The normalized spacial score (nSPS) is 11.3. The smallest absolute Gasteiger partial charge is 0.0566 e. The molecule has 0 saturated carbocycles. The maximum atomic E-state index is 9.70. The van der Waals surface area contributed by atoms with Crippen LogP contribution in [-0.2, 0) is 4.57 Å². The van der Waals surface area contributed by atoms with Gasteiger partial charge in [0.15, 0.2) is 0 Å². The summed E-state index contributed by atoms with van der Waals surface area (Å²) in [5, 5.41) is 0. The summed E-state index contributed by atoms with van der Waals surface area (Å²) in [6, 6.07) is 0. The summed E-state index contributed by atoms with van der Waals surface area (Å²) in [5.74, 6) is 0. The van der Waals surface area contributed by atoms with Crippen molar-refractivity contribution in [1.29, 1.82) is 0 Å². The van der Waals surface area contributed by atoms with E-state index < -0.39 is 7.60 Å². The fraction of sp³-hybridized carbons (Fsp3) is 1.00. The Morgan fingerprint density at radius 3 is 0.838 bits per heavy atom. The van der Waals surface area contributed by atoms with Crippen LogP contribution in [0.1, 0.15) is 156 Å². The molecule has 0 atom stereocenters. The Labute approximate surface area is 238 Å². The summed E-state index contributed by atoms with van der Waals surface area (Å²) >= 11 is 0. The minimum absolute atomic E-state index is 0.0582. The second kappa shape index (κ2) is 35.0. The second-order valence-electron chi connectivity index (χ2n) is 11.6. The van der Waals surface area contributed by atoms with Crippen molar-refractivity contribution in [2.24, 2.45) is 0 Å². The minimum Gasteiger partial charge on any atom is -0.811 e. The van der Waals surface area contributed by atoms with Gasteiger partial charge in [-0.1, -0.05) is 138 Å². The summed E-state index contributed by atoms with van der Waals surface area (Å²) in [7, 11) is -4.05. The molecule has 228 valence electrons. The first-order valence-corrected chi connectivity index (χ1v) is 23.3. The van der Waals surface area contributed by atoms with Crippen LogP contribution in [0.15, 0.2) is 0 Å². The minimum atomic E-state index is -4.17. The summed E-state index contributed by atoms with van der Waals surface area (Å²) < 4.78 is 9.70. The predicted octanol–water partition coefficient (Wildman–Crippen LogP) is 10.1. The Morgan fingerprint density at radius 1 is 0.432 bits per heavy atom. The first kappa shape index (κ1) is 42.5. The van der Waals surface area contributed by atoms with Crippen molar-refractivity contribution in [1.82, 2.24) is 0 Å². The average Bonchev–Trinajstić information content (AvgIpc) is 2.81. The average molecular weight is 585 g/mol. The molecule has 0 rings (SSSR count). The van der Waals surface area contributed by atoms with Crippen LogP contribution in [0.25, 0.3) is 0 Å². The zero-order valence-corrected chi connectivity index (χ0v) is 29.5. The number of hydrogen-bond acceptors (Lipinski definition) is 3. The number of rotatable bonds is 24. The topological polar surface area (TPSA) is 63.2 Å². The Kier molecular flexibility index (Phi) is 40.2. The highest BCUT2D eigenvalue weighted by atomic mass is 31.2. The van der Waals surface area contributed by atoms with E-state index in [0.717, 1.165) is 0 Å². The first-order chi connectivity index (χ1) is 17.6. The molecule has 0 aromatic rings. The van der Waals surface area contributed by atoms with E-state index in [1.165, 1.54) is 141 Å². The monoisotopic (exact) mass is 584 g/mol. The lowest BCUT2D eigenvalue weighted by Crippen LogP contribution is -2.15. The van der Waals surface area contributed by atoms with Crippen LogP contribution in [0.3, 0.4) is 0 Å². The van der Waals surface area contributed by atoms with E-state index in [0.29, 0.717) is 6.42 Å². The lowest BCUT2D eigenvalue weighted by atomic mass is 10.1. The molecule has 6 heteroatoms. The fourth-order valence-corrected chi connectivity index (χ4v) is 6.67. The SMILES string of the molecule is CCCCCCCCCCCC[PH+](C)C.CCCCCCCCCCCC[PH+](C)C.CCCP(=O)([O-])[O-]. The zero-order valence-electron chi connectivity index (χ0n) is 26.6. The quantitative estimate of drug-likeness (QED) is 0.0837. The molecule has 0 unspecified atom stereocenters. The molecular weight excluding hydrogens is 513 g/mol. The Balaban J connectivity index is -0.000000501. The van der Waals surface area contributed by atoms with Gasteiger partial charge in [-0.3, -0.25) is 0 Å². The molecule has 0 heterocycles. The summed E-state index contributed by atoms with van der Waals surface area (Å²) in [4.78, 5) is 19.4. The summed E-state index contributed by atoms with van der Waals surface area (Å²) in [6.45, 7) is 15.9. The Morgan fingerprint density at radius 2 is 0.676 bits per heavy atom. The van der Waals surface area contributed by atoms with Gasteiger partial charge in [0.25, 0.3) is 0 Å². The molecule has 0 spiro atoms. The highest BCUT2D eigenvalue weighted by Crippen LogP contribution is 2.27. The fourth-order valence-electron chi connectivity index (χ4n) is 4.21. The van der Waals surface area contributed by atoms with E-state index >= 15 is 0 Å². The van der Waals surface area contributed by atoms with Gasteiger partial charge >= 0.3 is 0 Å². The van der Waals surface area contributed by atoms with Gasteiger partial charge in [-0.2, -0.15) is 0 Å². The molecule has 0 bridgehead atoms. The molecule has 0 radical (unpaired) electrons. The molecule has 37 heavy (non-hydrogen) atoms. The van der Waals surface area contributed by atoms with Crippen LogP contribution in [-0.4, -0.2) is 45.1 Å². The van der Waals surface area contributed by atoms with E-state index in [1.54, 1.807) is 6.92 Å². The van der Waals surface area contributed by atoms with E-state index in [-0.39, 0.29) is 22.0 Å². The summed E-state index contributed by atoms with van der Waals surface area (Å²) in [6.07, 6.45) is 32.6. The van der Waals surface area contributed by atoms with Gasteiger partial charge in [0.2, 0.25) is 0 Å². The van der Waals surface area contributed by atoms with Crippen molar-refractivity contribution in [2.75, 3.05) is 45.1 Å². The maximum Gasteiger partial charge on any atom is 0.0566 e. The molecule has 3 nitrogen and oxygen atoms in total. The van der Waals surface area contributed by atoms with Crippen molar-refractivity contribution in [3.8, 4) is 0 Å².